The average molecular weight is 265 g/mol. The first-order chi connectivity index (χ1) is 9.02. The van der Waals surface area contributed by atoms with Crippen molar-refractivity contribution in [2.24, 2.45) is 0 Å². The van der Waals surface area contributed by atoms with E-state index in [1.54, 1.807) is 0 Å². The number of nitrogens with zero attached hydrogens (tertiary/aromatic N) is 1. The van der Waals surface area contributed by atoms with Crippen LogP contribution in [-0.2, 0) is 4.79 Å². The second-order valence-corrected chi connectivity index (χ2v) is 5.05. The van der Waals surface area contributed by atoms with Gasteiger partial charge in [0, 0.05) is 0 Å². The fraction of sp³-hybridized carbons (Fsp3) is 0.500. The van der Waals surface area contributed by atoms with Crippen LogP contribution in [0.25, 0.3) is 0 Å². The van der Waals surface area contributed by atoms with Crippen LogP contribution in [0.15, 0.2) is 24.3 Å². The highest BCUT2D eigenvalue weighted by atomic mass is 16.5. The Morgan fingerprint density at radius 3 is 2.84 bits per heavy atom. The molecule has 1 fully saturated rings. The van der Waals surface area contributed by atoms with Gasteiger partial charge in [0.2, 0.25) is 5.91 Å². The molecule has 19 heavy (non-hydrogen) atoms. The van der Waals surface area contributed by atoms with Gasteiger partial charge in [-0.2, -0.15) is 0 Å². The van der Waals surface area contributed by atoms with Gasteiger partial charge >= 0.3 is 0 Å². The standard InChI is InChI=1S/C14H19NO4/c1-11-3-2-4-12(7-11)19-6-5-13(17)15-8-14(18,9-15)10-16/h2-4,7,16,18H,5-6,8-10H2,1H3. The van der Waals surface area contributed by atoms with Gasteiger partial charge in [-0.25, -0.2) is 0 Å². The van der Waals surface area contributed by atoms with Crippen molar-refractivity contribution in [2.45, 2.75) is 18.9 Å². The lowest BCUT2D eigenvalue weighted by molar-refractivity contribution is -0.162. The van der Waals surface area contributed by atoms with Gasteiger partial charge < -0.3 is 19.8 Å². The molecule has 104 valence electrons. The van der Waals surface area contributed by atoms with E-state index in [4.69, 9.17) is 9.84 Å². The maximum Gasteiger partial charge on any atom is 0.226 e. The molecule has 2 N–H and O–H groups in total. The monoisotopic (exact) mass is 265 g/mol. The third-order valence-corrected chi connectivity index (χ3v) is 3.19. The van der Waals surface area contributed by atoms with E-state index >= 15 is 0 Å². The number of β-amino-alcohol motifs (C(OH)–C–C–N with tert-alkyl or cyclic N) is 1. The SMILES string of the molecule is Cc1cccc(OCCC(=O)N2CC(O)(CO)C2)c1. The topological polar surface area (TPSA) is 70.0 Å². The van der Waals surface area contributed by atoms with Crippen molar-refractivity contribution >= 4 is 5.91 Å². The first kappa shape index (κ1) is 13.8. The molecule has 1 aliphatic rings. The summed E-state index contributed by atoms with van der Waals surface area (Å²) in [7, 11) is 0. The van der Waals surface area contributed by atoms with Gasteiger partial charge in [-0.05, 0) is 24.6 Å². The predicted octanol–water partition coefficient (Wildman–Crippen LogP) is 0.330. The summed E-state index contributed by atoms with van der Waals surface area (Å²) in [5.41, 5.74) is 0.00661. The number of carbonyl (C=O) groups is 1. The molecule has 0 spiro atoms. The van der Waals surface area contributed by atoms with Crippen molar-refractivity contribution < 1.29 is 19.7 Å². The van der Waals surface area contributed by atoms with Gasteiger partial charge in [0.25, 0.3) is 0 Å². The number of hydrogen-bond acceptors (Lipinski definition) is 4. The van der Waals surface area contributed by atoms with Crippen LogP contribution in [-0.4, -0.2) is 52.9 Å². The highest BCUT2D eigenvalue weighted by Gasteiger charge is 2.42. The van der Waals surface area contributed by atoms with Gasteiger partial charge in [0.05, 0.1) is 32.7 Å². The van der Waals surface area contributed by atoms with E-state index in [-0.39, 0.29) is 32.0 Å². The number of aliphatic hydroxyl groups is 2. The lowest BCUT2D eigenvalue weighted by atomic mass is 9.95. The summed E-state index contributed by atoms with van der Waals surface area (Å²) in [5, 5.41) is 18.5. The second kappa shape index (κ2) is 5.59. The van der Waals surface area contributed by atoms with Crippen LogP contribution in [0.4, 0.5) is 0 Å². The summed E-state index contributed by atoms with van der Waals surface area (Å²) < 4.78 is 5.50. The first-order valence-electron chi connectivity index (χ1n) is 6.33. The van der Waals surface area contributed by atoms with E-state index in [0.717, 1.165) is 11.3 Å². The van der Waals surface area contributed by atoms with Crippen molar-refractivity contribution in [3.8, 4) is 5.75 Å². The Morgan fingerprint density at radius 2 is 2.21 bits per heavy atom. The Hall–Kier alpha value is -1.59. The van der Waals surface area contributed by atoms with Crippen LogP contribution in [0.5, 0.6) is 5.75 Å². The first-order valence-corrected chi connectivity index (χ1v) is 6.33. The Morgan fingerprint density at radius 1 is 1.47 bits per heavy atom. The van der Waals surface area contributed by atoms with E-state index in [2.05, 4.69) is 0 Å². The Kier molecular flexibility index (Phi) is 4.07. The van der Waals surface area contributed by atoms with Gasteiger partial charge in [-0.1, -0.05) is 12.1 Å². The maximum atomic E-state index is 11.7. The molecule has 1 saturated heterocycles. The lowest BCUT2D eigenvalue weighted by Gasteiger charge is -2.45. The number of hydrogen-bond donors (Lipinski definition) is 2. The molecule has 0 unspecified atom stereocenters. The summed E-state index contributed by atoms with van der Waals surface area (Å²) in [5.74, 6) is 0.689. The Bertz CT molecular complexity index is 455. The molecular formula is C14H19NO4. The highest BCUT2D eigenvalue weighted by Crippen LogP contribution is 2.21. The molecule has 0 bridgehead atoms. The molecular weight excluding hydrogens is 246 g/mol. The maximum absolute atomic E-state index is 11.7. The number of carbonyl (C=O) groups excluding carboxylic acids is 1. The molecule has 1 amide bonds. The third kappa shape index (κ3) is 3.45. The number of aryl methyl sites for hydroxylation is 1. The quantitative estimate of drug-likeness (QED) is 0.805. The molecule has 1 aliphatic heterocycles. The number of benzene rings is 1. The molecule has 0 saturated carbocycles. The van der Waals surface area contributed by atoms with E-state index < -0.39 is 5.60 Å². The second-order valence-electron chi connectivity index (χ2n) is 5.05. The Balaban J connectivity index is 1.71. The summed E-state index contributed by atoms with van der Waals surface area (Å²) in [6.45, 7) is 2.39. The van der Waals surface area contributed by atoms with Gasteiger partial charge in [0.15, 0.2) is 0 Å². The van der Waals surface area contributed by atoms with Crippen LogP contribution < -0.4 is 4.74 Å². The van der Waals surface area contributed by atoms with E-state index in [1.165, 1.54) is 4.90 Å². The fourth-order valence-corrected chi connectivity index (χ4v) is 2.06. The molecule has 5 nitrogen and oxygen atoms in total. The van der Waals surface area contributed by atoms with Crippen LogP contribution >= 0.6 is 0 Å². The van der Waals surface area contributed by atoms with Crippen molar-refractivity contribution in [1.29, 1.82) is 0 Å². The number of aliphatic hydroxyl groups excluding tert-OH is 1. The molecule has 2 rings (SSSR count). The van der Waals surface area contributed by atoms with Crippen LogP contribution in [0.2, 0.25) is 0 Å². The molecule has 1 heterocycles. The van der Waals surface area contributed by atoms with Gasteiger partial charge in [-0.15, -0.1) is 0 Å². The zero-order valence-electron chi connectivity index (χ0n) is 11.0. The number of amides is 1. The summed E-state index contributed by atoms with van der Waals surface area (Å²) in [6, 6.07) is 7.65. The van der Waals surface area contributed by atoms with Gasteiger partial charge in [0.1, 0.15) is 11.4 Å². The van der Waals surface area contributed by atoms with Crippen molar-refractivity contribution in [1.82, 2.24) is 4.90 Å². The Labute approximate surface area is 112 Å². The molecule has 1 aromatic rings. The third-order valence-electron chi connectivity index (χ3n) is 3.19. The molecule has 0 radical (unpaired) electrons. The van der Waals surface area contributed by atoms with Crippen molar-refractivity contribution in [3.05, 3.63) is 29.8 Å². The minimum Gasteiger partial charge on any atom is -0.493 e. The van der Waals surface area contributed by atoms with E-state index in [0.29, 0.717) is 6.61 Å². The van der Waals surface area contributed by atoms with Crippen molar-refractivity contribution in [2.75, 3.05) is 26.3 Å². The van der Waals surface area contributed by atoms with Crippen LogP contribution in [0.3, 0.4) is 0 Å². The number of ether oxygens (including phenoxy) is 1. The summed E-state index contributed by atoms with van der Waals surface area (Å²) in [6.07, 6.45) is 0.273. The van der Waals surface area contributed by atoms with E-state index in [1.807, 2.05) is 31.2 Å². The average Bonchev–Trinajstić information content (AvgIpc) is 2.35. The van der Waals surface area contributed by atoms with Crippen LogP contribution in [0, 0.1) is 6.92 Å². The summed E-state index contributed by atoms with van der Waals surface area (Å²) in [4.78, 5) is 13.3. The summed E-state index contributed by atoms with van der Waals surface area (Å²) >= 11 is 0. The highest BCUT2D eigenvalue weighted by molar-refractivity contribution is 5.77. The minimum absolute atomic E-state index is 0.0641. The molecule has 5 heteroatoms. The normalized spacial score (nSPS) is 16.9. The van der Waals surface area contributed by atoms with Crippen molar-refractivity contribution in [3.63, 3.8) is 0 Å². The van der Waals surface area contributed by atoms with E-state index in [9.17, 15) is 9.90 Å². The smallest absolute Gasteiger partial charge is 0.226 e. The molecule has 0 aromatic heterocycles. The van der Waals surface area contributed by atoms with Crippen LogP contribution in [0.1, 0.15) is 12.0 Å². The largest absolute Gasteiger partial charge is 0.493 e. The zero-order chi connectivity index (χ0) is 13.9. The number of rotatable bonds is 5. The van der Waals surface area contributed by atoms with Gasteiger partial charge in [-0.3, -0.25) is 4.79 Å². The molecule has 1 aromatic carbocycles. The number of likely N-dealkylation sites (tertiary alicyclic amines) is 1. The molecule has 0 atom stereocenters. The predicted molar refractivity (Wildman–Crippen MR) is 69.9 cm³/mol. The zero-order valence-corrected chi connectivity index (χ0v) is 11.0. The fourth-order valence-electron chi connectivity index (χ4n) is 2.06. The lowest BCUT2D eigenvalue weighted by Crippen LogP contribution is -2.65. The minimum atomic E-state index is -1.10. The molecule has 0 aliphatic carbocycles.